The summed E-state index contributed by atoms with van der Waals surface area (Å²) >= 11 is 3.33. The van der Waals surface area contributed by atoms with Gasteiger partial charge in [0.2, 0.25) is 0 Å². The third-order valence-electron chi connectivity index (χ3n) is 3.07. The van der Waals surface area contributed by atoms with E-state index in [0.717, 1.165) is 35.8 Å². The van der Waals surface area contributed by atoms with Gasteiger partial charge in [-0.25, -0.2) is 4.39 Å². The quantitative estimate of drug-likeness (QED) is 0.734. The van der Waals surface area contributed by atoms with E-state index in [1.807, 2.05) is 6.07 Å². The Balaban J connectivity index is 2.39. The molecule has 1 nitrogen and oxygen atoms in total. The van der Waals surface area contributed by atoms with Gasteiger partial charge in [-0.2, -0.15) is 0 Å². The van der Waals surface area contributed by atoms with Crippen molar-refractivity contribution in [3.63, 3.8) is 0 Å². The lowest BCUT2D eigenvalue weighted by Crippen LogP contribution is -2.28. The van der Waals surface area contributed by atoms with Gasteiger partial charge in [0, 0.05) is 10.5 Å². The largest absolute Gasteiger partial charge is 0.314 e. The zero-order chi connectivity index (χ0) is 13.4. The van der Waals surface area contributed by atoms with Crippen molar-refractivity contribution >= 4 is 15.9 Å². The maximum atomic E-state index is 13.2. The molecule has 1 unspecified atom stereocenters. The third kappa shape index (κ3) is 5.96. The number of aryl methyl sites for hydroxylation is 1. The molecule has 0 aliphatic heterocycles. The topological polar surface area (TPSA) is 12.0 Å². The minimum atomic E-state index is -0.156. The molecule has 18 heavy (non-hydrogen) atoms. The van der Waals surface area contributed by atoms with E-state index >= 15 is 0 Å². The molecule has 1 N–H and O–H groups in total. The van der Waals surface area contributed by atoms with E-state index in [0.29, 0.717) is 6.04 Å². The van der Waals surface area contributed by atoms with Gasteiger partial charge in [0.05, 0.1) is 0 Å². The Morgan fingerprint density at radius 2 is 2.00 bits per heavy atom. The molecule has 0 aromatic heterocycles. The molecule has 0 radical (unpaired) electrons. The fourth-order valence-electron chi connectivity index (χ4n) is 2.29. The van der Waals surface area contributed by atoms with Crippen LogP contribution in [0.25, 0.3) is 0 Å². The van der Waals surface area contributed by atoms with Crippen molar-refractivity contribution in [2.24, 2.45) is 0 Å². The maximum Gasteiger partial charge on any atom is 0.124 e. The van der Waals surface area contributed by atoms with Gasteiger partial charge >= 0.3 is 0 Å². The molecule has 0 bridgehead atoms. The molecule has 0 spiro atoms. The first kappa shape index (κ1) is 15.6. The Bertz CT molecular complexity index is 328. The molecule has 0 heterocycles. The van der Waals surface area contributed by atoms with Gasteiger partial charge in [0.1, 0.15) is 5.82 Å². The van der Waals surface area contributed by atoms with Crippen molar-refractivity contribution < 1.29 is 4.39 Å². The molecule has 0 aliphatic carbocycles. The van der Waals surface area contributed by atoms with Crippen LogP contribution >= 0.6 is 15.9 Å². The molecule has 1 aromatic rings. The smallest absolute Gasteiger partial charge is 0.124 e. The second-order valence-electron chi connectivity index (χ2n) is 4.71. The van der Waals surface area contributed by atoms with Gasteiger partial charge in [0.25, 0.3) is 0 Å². The monoisotopic (exact) mass is 315 g/mol. The Morgan fingerprint density at radius 1 is 1.22 bits per heavy atom. The van der Waals surface area contributed by atoms with Crippen LogP contribution in [0.5, 0.6) is 0 Å². The number of hydrogen-bond acceptors (Lipinski definition) is 1. The summed E-state index contributed by atoms with van der Waals surface area (Å²) in [5, 5.41) is 3.51. The summed E-state index contributed by atoms with van der Waals surface area (Å²) in [5.41, 5.74) is 1.08. The summed E-state index contributed by atoms with van der Waals surface area (Å²) in [6, 6.07) is 5.75. The number of benzene rings is 1. The predicted octanol–water partition coefficient (Wildman–Crippen LogP) is 4.69. The molecule has 0 aliphatic rings. The van der Waals surface area contributed by atoms with Crippen LogP contribution in [-0.4, -0.2) is 12.6 Å². The summed E-state index contributed by atoms with van der Waals surface area (Å²) in [6.45, 7) is 5.39. The van der Waals surface area contributed by atoms with E-state index in [4.69, 9.17) is 0 Å². The fraction of sp³-hybridized carbons (Fsp3) is 0.600. The minimum absolute atomic E-state index is 0.156. The lowest BCUT2D eigenvalue weighted by molar-refractivity contribution is 0.447. The van der Waals surface area contributed by atoms with E-state index in [1.165, 1.54) is 18.9 Å². The molecule has 0 amide bonds. The molecule has 0 saturated carbocycles. The van der Waals surface area contributed by atoms with Gasteiger partial charge in [-0.3, -0.25) is 0 Å². The van der Waals surface area contributed by atoms with Crippen molar-refractivity contribution in [3.8, 4) is 0 Å². The molecule has 0 fully saturated rings. The third-order valence-corrected chi connectivity index (χ3v) is 3.53. The van der Waals surface area contributed by atoms with Gasteiger partial charge in [-0.15, -0.1) is 0 Å². The number of rotatable bonds is 8. The molecule has 3 heteroatoms. The highest BCUT2D eigenvalue weighted by Crippen LogP contribution is 2.17. The molecular weight excluding hydrogens is 293 g/mol. The van der Waals surface area contributed by atoms with Gasteiger partial charge in [0.15, 0.2) is 0 Å². The normalized spacial score (nSPS) is 12.7. The number of halogens is 2. The van der Waals surface area contributed by atoms with E-state index < -0.39 is 0 Å². The summed E-state index contributed by atoms with van der Waals surface area (Å²) in [5.74, 6) is -0.156. The predicted molar refractivity (Wildman–Crippen MR) is 79.4 cm³/mol. The average Bonchev–Trinajstić information content (AvgIpc) is 2.28. The summed E-state index contributed by atoms with van der Waals surface area (Å²) < 4.78 is 14.0. The van der Waals surface area contributed by atoms with E-state index in [1.54, 1.807) is 6.07 Å². The highest BCUT2D eigenvalue weighted by atomic mass is 79.9. The van der Waals surface area contributed by atoms with Gasteiger partial charge in [-0.05, 0) is 56.0 Å². The van der Waals surface area contributed by atoms with Crippen molar-refractivity contribution in [3.05, 3.63) is 34.1 Å². The van der Waals surface area contributed by atoms with E-state index in [2.05, 4.69) is 35.1 Å². The summed E-state index contributed by atoms with van der Waals surface area (Å²) in [4.78, 5) is 0. The lowest BCUT2D eigenvalue weighted by Gasteiger charge is -2.16. The first-order valence-electron chi connectivity index (χ1n) is 6.84. The van der Waals surface area contributed by atoms with Crippen LogP contribution in [0.15, 0.2) is 22.7 Å². The van der Waals surface area contributed by atoms with Crippen LogP contribution in [0.1, 0.15) is 45.1 Å². The zero-order valence-corrected chi connectivity index (χ0v) is 12.9. The lowest BCUT2D eigenvalue weighted by atomic mass is 10.0. The van der Waals surface area contributed by atoms with Crippen LogP contribution in [0, 0.1) is 5.82 Å². The van der Waals surface area contributed by atoms with Crippen molar-refractivity contribution in [2.75, 3.05) is 6.54 Å². The summed E-state index contributed by atoms with van der Waals surface area (Å²) in [7, 11) is 0. The second kappa shape index (κ2) is 8.65. The molecule has 0 saturated heterocycles. The summed E-state index contributed by atoms with van der Waals surface area (Å²) in [6.07, 6.45) is 5.65. The molecule has 102 valence electrons. The Hall–Kier alpha value is -0.410. The average molecular weight is 316 g/mol. The Kier molecular flexibility index (Phi) is 7.52. The maximum absolute atomic E-state index is 13.2. The van der Waals surface area contributed by atoms with Crippen LogP contribution in [0.2, 0.25) is 0 Å². The minimum Gasteiger partial charge on any atom is -0.314 e. The molecular formula is C15H23BrFN. The van der Waals surface area contributed by atoms with E-state index in [-0.39, 0.29) is 5.82 Å². The van der Waals surface area contributed by atoms with Crippen molar-refractivity contribution in [1.29, 1.82) is 0 Å². The first-order chi connectivity index (χ1) is 8.65. The van der Waals surface area contributed by atoms with Crippen LogP contribution in [0.4, 0.5) is 4.39 Å². The van der Waals surface area contributed by atoms with Crippen molar-refractivity contribution in [1.82, 2.24) is 5.32 Å². The molecule has 1 aromatic carbocycles. The highest BCUT2D eigenvalue weighted by Gasteiger charge is 2.06. The Morgan fingerprint density at radius 3 is 2.61 bits per heavy atom. The number of nitrogens with one attached hydrogen (secondary N) is 1. The van der Waals surface area contributed by atoms with Crippen LogP contribution in [0.3, 0.4) is 0 Å². The fourth-order valence-corrected chi connectivity index (χ4v) is 2.81. The first-order valence-corrected chi connectivity index (χ1v) is 7.63. The van der Waals surface area contributed by atoms with Gasteiger partial charge in [-0.1, -0.05) is 36.2 Å². The van der Waals surface area contributed by atoms with Gasteiger partial charge < -0.3 is 5.32 Å². The second-order valence-corrected chi connectivity index (χ2v) is 5.63. The van der Waals surface area contributed by atoms with Crippen molar-refractivity contribution in [2.45, 2.75) is 52.0 Å². The van der Waals surface area contributed by atoms with E-state index in [9.17, 15) is 4.39 Å². The molecule has 1 rings (SSSR count). The standard InChI is InChI=1S/C15H23BrFN/c1-3-6-15(18-4-2)8-5-7-12-9-13(16)11-14(17)10-12/h9-11,15,18H,3-8H2,1-2H3. The molecule has 1 atom stereocenters. The highest BCUT2D eigenvalue weighted by molar-refractivity contribution is 9.10. The number of hydrogen-bond donors (Lipinski definition) is 1. The SMILES string of the molecule is CCCC(CCCc1cc(F)cc(Br)c1)NCC. The Labute approximate surface area is 118 Å². The van der Waals surface area contributed by atoms with Crippen LogP contribution in [-0.2, 0) is 6.42 Å². The zero-order valence-electron chi connectivity index (χ0n) is 11.3. The van der Waals surface area contributed by atoms with Crippen LogP contribution < -0.4 is 5.32 Å².